The topological polar surface area (TPSA) is 61.2 Å². The largest absolute Gasteiger partial charge is 0.466 e. The molecule has 21 heavy (non-hydrogen) atoms. The summed E-state index contributed by atoms with van der Waals surface area (Å²) in [6.45, 7) is 7.79. The summed E-state index contributed by atoms with van der Waals surface area (Å²) in [5, 5.41) is 4.24. The van der Waals surface area contributed by atoms with Crippen molar-refractivity contribution >= 4 is 11.9 Å². The van der Waals surface area contributed by atoms with Crippen molar-refractivity contribution in [2.24, 2.45) is 11.8 Å². The molecule has 0 radical (unpaired) electrons. The first kappa shape index (κ1) is 15.5. The predicted molar refractivity (Wildman–Crippen MR) is 78.9 cm³/mol. The maximum Gasteiger partial charge on any atom is 0.310 e. The Bertz CT molecular complexity index is 586. The van der Waals surface area contributed by atoms with Gasteiger partial charge in [-0.05, 0) is 46.6 Å². The van der Waals surface area contributed by atoms with Crippen LogP contribution >= 0.6 is 0 Å². The average molecular weight is 290 g/mol. The lowest BCUT2D eigenvalue weighted by molar-refractivity contribution is -0.149. The van der Waals surface area contributed by atoms with Crippen LogP contribution in [-0.2, 0) is 9.53 Å². The van der Waals surface area contributed by atoms with E-state index in [2.05, 4.69) is 5.10 Å². The molecule has 0 saturated carbocycles. The van der Waals surface area contributed by atoms with Crippen molar-refractivity contribution in [3.8, 4) is 0 Å². The Morgan fingerprint density at radius 1 is 1.33 bits per heavy atom. The summed E-state index contributed by atoms with van der Waals surface area (Å²) in [4.78, 5) is 24.9. The van der Waals surface area contributed by atoms with Crippen LogP contribution in [-0.4, -0.2) is 28.3 Å². The number of esters is 1. The number of hydrogen-bond acceptors (Lipinski definition) is 4. The van der Waals surface area contributed by atoms with Crippen LogP contribution in [0.4, 0.5) is 0 Å². The number of nitrogens with zero attached hydrogens (tertiary/aromatic N) is 2. The van der Waals surface area contributed by atoms with Crippen LogP contribution in [0.25, 0.3) is 0 Å². The lowest BCUT2D eigenvalue weighted by Crippen LogP contribution is -2.36. The SMILES string of the molecule is CCOC(=O)[C@@H]1CC(C)=CC[C@H]1C(=O)n1nc(C)cc1C. The molecule has 5 nitrogen and oxygen atoms in total. The number of carbonyl (C=O) groups excluding carboxylic acids is 2. The lowest BCUT2D eigenvalue weighted by Gasteiger charge is -2.27. The van der Waals surface area contributed by atoms with Crippen LogP contribution in [0.15, 0.2) is 17.7 Å². The minimum absolute atomic E-state index is 0.123. The van der Waals surface area contributed by atoms with Crippen molar-refractivity contribution < 1.29 is 14.3 Å². The molecule has 1 aliphatic carbocycles. The molecule has 0 aliphatic heterocycles. The molecule has 0 fully saturated rings. The summed E-state index contributed by atoms with van der Waals surface area (Å²) < 4.78 is 6.55. The fourth-order valence-corrected chi connectivity index (χ4v) is 2.84. The zero-order valence-electron chi connectivity index (χ0n) is 13.0. The number of aromatic nitrogens is 2. The summed E-state index contributed by atoms with van der Waals surface area (Å²) in [6.07, 6.45) is 3.17. The van der Waals surface area contributed by atoms with Gasteiger partial charge in [-0.15, -0.1) is 0 Å². The first-order valence-electron chi connectivity index (χ1n) is 7.33. The van der Waals surface area contributed by atoms with E-state index in [9.17, 15) is 9.59 Å². The number of carbonyl (C=O) groups is 2. The second-order valence-corrected chi connectivity index (χ2v) is 5.63. The highest BCUT2D eigenvalue weighted by Crippen LogP contribution is 2.32. The van der Waals surface area contributed by atoms with E-state index in [1.54, 1.807) is 6.92 Å². The third kappa shape index (κ3) is 3.23. The average Bonchev–Trinajstić information content (AvgIpc) is 2.77. The third-order valence-corrected chi connectivity index (χ3v) is 3.87. The number of ether oxygens (including phenoxy) is 1. The number of allylic oxidation sites excluding steroid dienone is 2. The first-order valence-corrected chi connectivity index (χ1v) is 7.33. The van der Waals surface area contributed by atoms with Crippen LogP contribution in [0.5, 0.6) is 0 Å². The van der Waals surface area contributed by atoms with E-state index in [1.165, 1.54) is 4.68 Å². The van der Waals surface area contributed by atoms with Gasteiger partial charge >= 0.3 is 5.97 Å². The van der Waals surface area contributed by atoms with Crippen LogP contribution in [0.1, 0.15) is 42.9 Å². The van der Waals surface area contributed by atoms with Crippen LogP contribution in [0.2, 0.25) is 0 Å². The molecule has 1 aliphatic rings. The van der Waals surface area contributed by atoms with Gasteiger partial charge in [0, 0.05) is 5.69 Å². The van der Waals surface area contributed by atoms with E-state index in [1.807, 2.05) is 32.9 Å². The van der Waals surface area contributed by atoms with E-state index in [-0.39, 0.29) is 11.9 Å². The molecule has 5 heteroatoms. The zero-order valence-corrected chi connectivity index (χ0v) is 13.0. The minimum atomic E-state index is -0.411. The number of rotatable bonds is 3. The highest BCUT2D eigenvalue weighted by molar-refractivity contribution is 5.87. The Morgan fingerprint density at radius 2 is 2.05 bits per heavy atom. The number of hydrogen-bond donors (Lipinski definition) is 0. The molecular weight excluding hydrogens is 268 g/mol. The second kappa shape index (κ2) is 6.24. The van der Waals surface area contributed by atoms with Gasteiger partial charge in [0.1, 0.15) is 0 Å². The van der Waals surface area contributed by atoms with E-state index < -0.39 is 11.8 Å². The van der Waals surface area contributed by atoms with Gasteiger partial charge < -0.3 is 4.74 Å². The normalized spacial score (nSPS) is 21.8. The fourth-order valence-electron chi connectivity index (χ4n) is 2.84. The maximum absolute atomic E-state index is 12.7. The molecule has 1 aromatic rings. The Hall–Kier alpha value is -1.91. The van der Waals surface area contributed by atoms with Crippen LogP contribution in [0, 0.1) is 25.7 Å². The quantitative estimate of drug-likeness (QED) is 0.634. The van der Waals surface area contributed by atoms with E-state index >= 15 is 0 Å². The molecule has 0 N–H and O–H groups in total. The molecule has 0 amide bonds. The molecule has 0 unspecified atom stereocenters. The molecule has 0 aromatic carbocycles. The molecule has 114 valence electrons. The van der Waals surface area contributed by atoms with Crippen molar-refractivity contribution in [2.45, 2.75) is 40.5 Å². The molecule has 0 bridgehead atoms. The molecule has 2 rings (SSSR count). The molecule has 1 aromatic heterocycles. The first-order chi connectivity index (χ1) is 9.93. The van der Waals surface area contributed by atoms with Gasteiger partial charge in [-0.3, -0.25) is 9.59 Å². The summed E-state index contributed by atoms with van der Waals surface area (Å²) in [5.74, 6) is -1.22. The molecule has 2 atom stereocenters. The maximum atomic E-state index is 12.7. The van der Waals surface area contributed by atoms with Gasteiger partial charge in [-0.1, -0.05) is 11.6 Å². The van der Waals surface area contributed by atoms with Gasteiger partial charge in [0.05, 0.1) is 24.1 Å². The minimum Gasteiger partial charge on any atom is -0.466 e. The van der Waals surface area contributed by atoms with Crippen molar-refractivity contribution in [3.05, 3.63) is 29.1 Å². The standard InChI is InChI=1S/C16H22N2O3/c1-5-21-16(20)14-8-10(2)6-7-13(14)15(19)18-12(4)9-11(3)17-18/h6,9,13-14H,5,7-8H2,1-4H3/t13-,14-/m1/s1. The monoisotopic (exact) mass is 290 g/mol. The fraction of sp³-hybridized carbons (Fsp3) is 0.562. The van der Waals surface area contributed by atoms with Crippen molar-refractivity contribution in [2.75, 3.05) is 6.61 Å². The van der Waals surface area contributed by atoms with Crippen LogP contribution < -0.4 is 0 Å². The summed E-state index contributed by atoms with van der Waals surface area (Å²) in [6, 6.07) is 1.86. The van der Waals surface area contributed by atoms with E-state index in [0.29, 0.717) is 19.4 Å². The lowest BCUT2D eigenvalue weighted by atomic mass is 9.79. The Balaban J connectivity index is 2.28. The Morgan fingerprint density at radius 3 is 2.62 bits per heavy atom. The molecule has 1 heterocycles. The molecule has 0 spiro atoms. The number of aryl methyl sites for hydroxylation is 2. The Kier molecular flexibility index (Phi) is 4.60. The van der Waals surface area contributed by atoms with Crippen molar-refractivity contribution in [1.29, 1.82) is 0 Å². The molecule has 0 saturated heterocycles. The summed E-state index contributed by atoms with van der Waals surface area (Å²) in [5.41, 5.74) is 2.73. The van der Waals surface area contributed by atoms with Crippen molar-refractivity contribution in [3.63, 3.8) is 0 Å². The molecular formula is C16H22N2O3. The van der Waals surface area contributed by atoms with E-state index in [4.69, 9.17) is 4.74 Å². The Labute approximate surface area is 125 Å². The predicted octanol–water partition coefficient (Wildman–Crippen LogP) is 2.68. The summed E-state index contributed by atoms with van der Waals surface area (Å²) >= 11 is 0. The zero-order chi connectivity index (χ0) is 15.6. The highest BCUT2D eigenvalue weighted by Gasteiger charge is 2.37. The third-order valence-electron chi connectivity index (χ3n) is 3.87. The van der Waals surface area contributed by atoms with Gasteiger partial charge in [0.15, 0.2) is 0 Å². The smallest absolute Gasteiger partial charge is 0.310 e. The summed E-state index contributed by atoms with van der Waals surface area (Å²) in [7, 11) is 0. The van der Waals surface area contributed by atoms with Gasteiger partial charge in [-0.25, -0.2) is 4.68 Å². The van der Waals surface area contributed by atoms with Gasteiger partial charge in [-0.2, -0.15) is 5.10 Å². The van der Waals surface area contributed by atoms with Gasteiger partial charge in [0.2, 0.25) is 0 Å². The highest BCUT2D eigenvalue weighted by atomic mass is 16.5. The van der Waals surface area contributed by atoms with Crippen molar-refractivity contribution in [1.82, 2.24) is 9.78 Å². The second-order valence-electron chi connectivity index (χ2n) is 5.63. The van der Waals surface area contributed by atoms with Crippen LogP contribution in [0.3, 0.4) is 0 Å². The van der Waals surface area contributed by atoms with E-state index in [0.717, 1.165) is 17.0 Å². The van der Waals surface area contributed by atoms with Gasteiger partial charge in [0.25, 0.3) is 5.91 Å².